The van der Waals surface area contributed by atoms with Crippen LogP contribution >= 0.6 is 0 Å². The summed E-state index contributed by atoms with van der Waals surface area (Å²) < 4.78 is 1.64. The highest BCUT2D eigenvalue weighted by atomic mass is 16.2. The number of anilines is 1. The van der Waals surface area contributed by atoms with Gasteiger partial charge in [-0.3, -0.25) is 14.9 Å². The van der Waals surface area contributed by atoms with E-state index in [2.05, 4.69) is 20.9 Å². The van der Waals surface area contributed by atoms with Crippen LogP contribution in [-0.4, -0.2) is 57.9 Å². The van der Waals surface area contributed by atoms with Crippen LogP contribution in [-0.2, 0) is 16.1 Å². The van der Waals surface area contributed by atoms with Crippen molar-refractivity contribution in [2.24, 2.45) is 11.8 Å². The summed E-state index contributed by atoms with van der Waals surface area (Å²) in [6.07, 6.45) is 4.88. The lowest BCUT2D eigenvalue weighted by Gasteiger charge is -2.35. The van der Waals surface area contributed by atoms with Gasteiger partial charge in [0.05, 0.1) is 12.7 Å². The number of nitrogens with one attached hydrogen (secondary N) is 2. The van der Waals surface area contributed by atoms with Crippen LogP contribution in [0.5, 0.6) is 0 Å². The number of rotatable bonds is 4. The van der Waals surface area contributed by atoms with E-state index >= 15 is 0 Å². The molecule has 1 aromatic carbocycles. The molecule has 0 aliphatic carbocycles. The van der Waals surface area contributed by atoms with Crippen LogP contribution in [0.3, 0.4) is 0 Å². The highest BCUT2D eigenvalue weighted by Gasteiger charge is 2.33. The van der Waals surface area contributed by atoms with Crippen molar-refractivity contribution in [2.45, 2.75) is 25.8 Å². The molecule has 0 bridgehead atoms. The fourth-order valence-electron chi connectivity index (χ4n) is 4.18. The van der Waals surface area contributed by atoms with Gasteiger partial charge in [0, 0.05) is 13.1 Å². The van der Waals surface area contributed by atoms with Crippen LogP contribution in [0.15, 0.2) is 36.5 Å². The molecule has 3 heterocycles. The van der Waals surface area contributed by atoms with E-state index in [-0.39, 0.29) is 0 Å². The van der Waals surface area contributed by atoms with Gasteiger partial charge < -0.3 is 10.2 Å². The topological polar surface area (TPSA) is 92.1 Å². The summed E-state index contributed by atoms with van der Waals surface area (Å²) in [6, 6.07) is 9.87. The Bertz CT molecular complexity index is 815. The third-order valence-electron chi connectivity index (χ3n) is 5.67. The number of hydrogen-bond donors (Lipinski definition) is 2. The zero-order valence-corrected chi connectivity index (χ0v) is 15.9. The largest absolute Gasteiger partial charge is 0.334 e. The van der Waals surface area contributed by atoms with Crippen LogP contribution in [0, 0.1) is 11.8 Å². The Morgan fingerprint density at radius 1 is 1.18 bits per heavy atom. The molecule has 4 rings (SSSR count). The summed E-state index contributed by atoms with van der Waals surface area (Å²) in [5.41, 5.74) is 1.09. The Hall–Kier alpha value is -2.74. The van der Waals surface area contributed by atoms with Crippen LogP contribution in [0.2, 0.25) is 0 Å². The Labute approximate surface area is 164 Å². The van der Waals surface area contributed by atoms with Crippen molar-refractivity contribution >= 4 is 17.6 Å². The van der Waals surface area contributed by atoms with Gasteiger partial charge in [-0.25, -0.2) is 4.68 Å². The molecule has 1 aromatic heterocycles. The molecule has 8 heteroatoms. The van der Waals surface area contributed by atoms with Gasteiger partial charge in [-0.1, -0.05) is 35.5 Å². The lowest BCUT2D eigenvalue weighted by atomic mass is 9.85. The minimum absolute atomic E-state index is 0.294. The number of benzene rings is 1. The number of amides is 2. The number of carbonyl (C=O) groups excluding carboxylic acids is 2. The highest BCUT2D eigenvalue weighted by molar-refractivity contribution is 6.39. The van der Waals surface area contributed by atoms with Crippen molar-refractivity contribution in [3.63, 3.8) is 0 Å². The van der Waals surface area contributed by atoms with Gasteiger partial charge in [0.25, 0.3) is 0 Å². The molecule has 2 aliphatic rings. The van der Waals surface area contributed by atoms with E-state index in [1.54, 1.807) is 15.8 Å². The molecule has 0 radical (unpaired) electrons. The zero-order valence-electron chi connectivity index (χ0n) is 15.9. The standard InChI is InChI=1S/C20H26N6O2/c27-19(20(28)25-10-4-7-17(13-25)16-8-9-21-11-16)22-18-14-26(24-23-18)12-15-5-2-1-3-6-15/h1-3,5-6,14,16-17,21H,4,7-13H2,(H,22,27). The van der Waals surface area contributed by atoms with Gasteiger partial charge >= 0.3 is 11.8 Å². The van der Waals surface area contributed by atoms with Gasteiger partial charge in [0.2, 0.25) is 0 Å². The van der Waals surface area contributed by atoms with E-state index in [9.17, 15) is 9.59 Å². The molecule has 148 valence electrons. The summed E-state index contributed by atoms with van der Waals surface area (Å²) in [4.78, 5) is 26.7. The van der Waals surface area contributed by atoms with E-state index in [0.29, 0.717) is 37.3 Å². The first-order valence-electron chi connectivity index (χ1n) is 9.94. The Kier molecular flexibility index (Phi) is 5.66. The van der Waals surface area contributed by atoms with Crippen molar-refractivity contribution < 1.29 is 9.59 Å². The van der Waals surface area contributed by atoms with Crippen molar-refractivity contribution in [1.82, 2.24) is 25.2 Å². The van der Waals surface area contributed by atoms with Gasteiger partial charge in [0.15, 0.2) is 5.82 Å². The highest BCUT2D eigenvalue weighted by Crippen LogP contribution is 2.28. The first kappa shape index (κ1) is 18.6. The molecule has 0 saturated carbocycles. The van der Waals surface area contributed by atoms with Crippen LogP contribution in [0.25, 0.3) is 0 Å². The second-order valence-corrected chi connectivity index (χ2v) is 7.65. The molecule has 2 aromatic rings. The molecule has 2 N–H and O–H groups in total. The minimum Gasteiger partial charge on any atom is -0.334 e. The Morgan fingerprint density at radius 2 is 2.04 bits per heavy atom. The molecular weight excluding hydrogens is 356 g/mol. The van der Waals surface area contributed by atoms with Crippen LogP contribution in [0.4, 0.5) is 5.82 Å². The van der Waals surface area contributed by atoms with Crippen molar-refractivity contribution in [3.05, 3.63) is 42.1 Å². The van der Waals surface area contributed by atoms with E-state index < -0.39 is 11.8 Å². The molecule has 2 atom stereocenters. The fourth-order valence-corrected chi connectivity index (χ4v) is 4.18. The SMILES string of the molecule is O=C(Nc1cn(Cc2ccccc2)nn1)C(=O)N1CCCC(C2CCNC2)C1. The third-order valence-corrected chi connectivity index (χ3v) is 5.67. The number of hydrogen-bond acceptors (Lipinski definition) is 5. The molecule has 2 saturated heterocycles. The fraction of sp³-hybridized carbons (Fsp3) is 0.500. The van der Waals surface area contributed by atoms with Gasteiger partial charge in [0.1, 0.15) is 0 Å². The summed E-state index contributed by atoms with van der Waals surface area (Å²) in [6.45, 7) is 3.93. The average Bonchev–Trinajstić information content (AvgIpc) is 3.41. The second-order valence-electron chi connectivity index (χ2n) is 7.65. The van der Waals surface area contributed by atoms with Gasteiger partial charge in [-0.05, 0) is 49.8 Å². The molecule has 2 unspecified atom stereocenters. The predicted octanol–water partition coefficient (Wildman–Crippen LogP) is 1.11. The monoisotopic (exact) mass is 382 g/mol. The summed E-state index contributed by atoms with van der Waals surface area (Å²) in [7, 11) is 0. The normalized spacial score (nSPS) is 22.2. The lowest BCUT2D eigenvalue weighted by molar-refractivity contribution is -0.144. The second kappa shape index (κ2) is 8.52. The molecule has 8 nitrogen and oxygen atoms in total. The van der Waals surface area contributed by atoms with E-state index in [1.165, 1.54) is 0 Å². The van der Waals surface area contributed by atoms with Crippen molar-refractivity contribution in [2.75, 3.05) is 31.5 Å². The lowest BCUT2D eigenvalue weighted by Crippen LogP contribution is -2.46. The average molecular weight is 382 g/mol. The quantitative estimate of drug-likeness (QED) is 0.773. The van der Waals surface area contributed by atoms with Gasteiger partial charge in [-0.2, -0.15) is 0 Å². The maximum atomic E-state index is 12.6. The van der Waals surface area contributed by atoms with E-state index in [0.717, 1.165) is 37.9 Å². The van der Waals surface area contributed by atoms with Crippen molar-refractivity contribution in [1.29, 1.82) is 0 Å². The number of likely N-dealkylation sites (tertiary alicyclic amines) is 1. The third kappa shape index (κ3) is 4.39. The Morgan fingerprint density at radius 3 is 2.82 bits per heavy atom. The molecule has 0 spiro atoms. The van der Waals surface area contributed by atoms with E-state index in [1.807, 2.05) is 30.3 Å². The first-order chi connectivity index (χ1) is 13.7. The summed E-state index contributed by atoms with van der Waals surface area (Å²) in [5, 5.41) is 14.0. The number of carbonyl (C=O) groups is 2. The zero-order chi connectivity index (χ0) is 19.3. The van der Waals surface area contributed by atoms with E-state index in [4.69, 9.17) is 0 Å². The summed E-state index contributed by atoms with van der Waals surface area (Å²) in [5.74, 6) is 0.261. The maximum Gasteiger partial charge on any atom is 0.315 e. The first-order valence-corrected chi connectivity index (χ1v) is 9.94. The van der Waals surface area contributed by atoms with Gasteiger partial charge in [-0.15, -0.1) is 5.10 Å². The Balaban J connectivity index is 1.32. The molecule has 2 amide bonds. The predicted molar refractivity (Wildman–Crippen MR) is 104 cm³/mol. The van der Waals surface area contributed by atoms with Crippen molar-refractivity contribution in [3.8, 4) is 0 Å². The molecule has 28 heavy (non-hydrogen) atoms. The molecule has 2 aliphatic heterocycles. The van der Waals surface area contributed by atoms with Crippen LogP contribution < -0.4 is 10.6 Å². The van der Waals surface area contributed by atoms with Crippen LogP contribution in [0.1, 0.15) is 24.8 Å². The molecule has 2 fully saturated rings. The number of aromatic nitrogens is 3. The smallest absolute Gasteiger partial charge is 0.315 e. The number of nitrogens with zero attached hydrogens (tertiary/aromatic N) is 4. The number of piperidine rings is 1. The molecular formula is C20H26N6O2. The maximum absolute atomic E-state index is 12.6. The summed E-state index contributed by atoms with van der Waals surface area (Å²) >= 11 is 0. The minimum atomic E-state index is -0.642.